The van der Waals surface area contributed by atoms with E-state index in [-0.39, 0.29) is 5.82 Å². The second kappa shape index (κ2) is 9.22. The number of thioether (sulfide) groups is 1. The molecule has 7 nitrogen and oxygen atoms in total. The van der Waals surface area contributed by atoms with E-state index in [1.54, 1.807) is 35.7 Å². The lowest BCUT2D eigenvalue weighted by Gasteiger charge is -2.11. The number of hydrogen-bond acceptors (Lipinski definition) is 5. The van der Waals surface area contributed by atoms with Crippen molar-refractivity contribution in [3.05, 3.63) is 71.2 Å². The predicted octanol–water partition coefficient (Wildman–Crippen LogP) is 3.06. The van der Waals surface area contributed by atoms with E-state index in [4.69, 9.17) is 4.74 Å². The van der Waals surface area contributed by atoms with Crippen molar-refractivity contribution in [2.45, 2.75) is 17.9 Å². The maximum absolute atomic E-state index is 13.3. The molecular weight excluding hydrogens is 419 g/mol. The van der Waals surface area contributed by atoms with Gasteiger partial charge in [-0.05, 0) is 48.4 Å². The third-order valence-corrected chi connectivity index (χ3v) is 5.89. The average Bonchev–Trinajstić information content (AvgIpc) is 3.37. The number of nitrogens with zero attached hydrogens (tertiary/aromatic N) is 2. The SMILES string of the molecule is COc1ccc(CCNC(=O)C(=O)Nc2c3c(nn2-c2ccc(F)cc2)CSC3)cc1. The molecule has 0 radical (unpaired) electrons. The van der Waals surface area contributed by atoms with Crippen LogP contribution in [-0.4, -0.2) is 35.2 Å². The normalized spacial score (nSPS) is 12.3. The number of carbonyl (C=O) groups is 2. The molecule has 160 valence electrons. The van der Waals surface area contributed by atoms with Crippen LogP contribution in [-0.2, 0) is 27.5 Å². The Morgan fingerprint density at radius 3 is 2.55 bits per heavy atom. The van der Waals surface area contributed by atoms with E-state index < -0.39 is 11.8 Å². The van der Waals surface area contributed by atoms with Gasteiger partial charge in [0.05, 0.1) is 18.5 Å². The fourth-order valence-corrected chi connectivity index (χ4v) is 4.30. The molecule has 1 aliphatic rings. The number of nitrogens with one attached hydrogen (secondary N) is 2. The van der Waals surface area contributed by atoms with E-state index in [1.165, 1.54) is 12.1 Å². The molecule has 4 rings (SSSR count). The molecule has 2 N–H and O–H groups in total. The molecule has 31 heavy (non-hydrogen) atoms. The van der Waals surface area contributed by atoms with E-state index in [2.05, 4.69) is 15.7 Å². The third kappa shape index (κ3) is 4.72. The van der Waals surface area contributed by atoms with Crippen LogP contribution >= 0.6 is 11.8 Å². The maximum Gasteiger partial charge on any atom is 0.314 e. The van der Waals surface area contributed by atoms with Gasteiger partial charge >= 0.3 is 11.8 Å². The summed E-state index contributed by atoms with van der Waals surface area (Å²) in [6.45, 7) is 0.323. The van der Waals surface area contributed by atoms with Crippen LogP contribution in [0.2, 0.25) is 0 Å². The van der Waals surface area contributed by atoms with Crippen LogP contribution in [0.15, 0.2) is 48.5 Å². The maximum atomic E-state index is 13.3. The van der Waals surface area contributed by atoms with Crippen molar-refractivity contribution in [2.75, 3.05) is 19.0 Å². The fourth-order valence-electron chi connectivity index (χ4n) is 3.27. The lowest BCUT2D eigenvalue weighted by Crippen LogP contribution is -2.37. The van der Waals surface area contributed by atoms with E-state index in [9.17, 15) is 14.0 Å². The van der Waals surface area contributed by atoms with Crippen LogP contribution in [0.4, 0.5) is 10.2 Å². The minimum absolute atomic E-state index is 0.323. The number of carbonyl (C=O) groups excluding carboxylic acids is 2. The lowest BCUT2D eigenvalue weighted by molar-refractivity contribution is -0.136. The summed E-state index contributed by atoms with van der Waals surface area (Å²) in [6, 6.07) is 13.3. The molecule has 0 atom stereocenters. The number of aromatic nitrogens is 2. The van der Waals surface area contributed by atoms with Gasteiger partial charge in [0.15, 0.2) is 0 Å². The van der Waals surface area contributed by atoms with E-state index in [0.717, 1.165) is 28.3 Å². The van der Waals surface area contributed by atoms with Gasteiger partial charge in [-0.3, -0.25) is 9.59 Å². The van der Waals surface area contributed by atoms with Crippen molar-refractivity contribution in [1.29, 1.82) is 0 Å². The Morgan fingerprint density at radius 1 is 1.10 bits per heavy atom. The van der Waals surface area contributed by atoms with Crippen LogP contribution < -0.4 is 15.4 Å². The Morgan fingerprint density at radius 2 is 1.84 bits per heavy atom. The number of ether oxygens (including phenoxy) is 1. The van der Waals surface area contributed by atoms with Crippen LogP contribution in [0.3, 0.4) is 0 Å². The fraction of sp³-hybridized carbons (Fsp3) is 0.227. The summed E-state index contributed by atoms with van der Waals surface area (Å²) >= 11 is 1.68. The highest BCUT2D eigenvalue weighted by atomic mass is 32.2. The second-order valence-corrected chi connectivity index (χ2v) is 7.95. The minimum Gasteiger partial charge on any atom is -0.497 e. The number of rotatable bonds is 6. The Labute approximate surface area is 183 Å². The van der Waals surface area contributed by atoms with Gasteiger partial charge in [-0.25, -0.2) is 9.07 Å². The number of anilines is 1. The van der Waals surface area contributed by atoms with Gasteiger partial charge in [0, 0.05) is 23.6 Å². The summed E-state index contributed by atoms with van der Waals surface area (Å²) < 4.78 is 20.0. The molecule has 0 unspecified atom stereocenters. The summed E-state index contributed by atoms with van der Waals surface area (Å²) in [5.74, 6) is 0.766. The molecular formula is C22H21FN4O3S. The molecule has 1 aromatic heterocycles. The first-order valence-corrected chi connectivity index (χ1v) is 10.9. The zero-order valence-corrected chi connectivity index (χ0v) is 17.7. The van der Waals surface area contributed by atoms with Gasteiger partial charge in [0.25, 0.3) is 0 Å². The smallest absolute Gasteiger partial charge is 0.314 e. The molecule has 0 aliphatic carbocycles. The molecule has 2 heterocycles. The van der Waals surface area contributed by atoms with Crippen molar-refractivity contribution >= 4 is 29.4 Å². The molecule has 2 amide bonds. The zero-order valence-electron chi connectivity index (χ0n) is 16.9. The van der Waals surface area contributed by atoms with Crippen molar-refractivity contribution in [3.8, 4) is 11.4 Å². The summed E-state index contributed by atoms with van der Waals surface area (Å²) in [6.07, 6.45) is 0.586. The van der Waals surface area contributed by atoms with Gasteiger partial charge < -0.3 is 15.4 Å². The van der Waals surface area contributed by atoms with Crippen molar-refractivity contribution in [1.82, 2.24) is 15.1 Å². The van der Waals surface area contributed by atoms with Gasteiger partial charge in [0.2, 0.25) is 0 Å². The number of fused-ring (bicyclic) bond motifs is 1. The lowest BCUT2D eigenvalue weighted by atomic mass is 10.1. The molecule has 0 spiro atoms. The van der Waals surface area contributed by atoms with Crippen molar-refractivity contribution < 1.29 is 18.7 Å². The van der Waals surface area contributed by atoms with E-state index in [1.807, 2.05) is 24.3 Å². The molecule has 1 aliphatic heterocycles. The van der Waals surface area contributed by atoms with E-state index >= 15 is 0 Å². The molecule has 2 aromatic carbocycles. The summed E-state index contributed by atoms with van der Waals surface area (Å²) in [7, 11) is 1.60. The van der Waals surface area contributed by atoms with Crippen molar-refractivity contribution in [2.24, 2.45) is 0 Å². The Bertz CT molecular complexity index is 1100. The largest absolute Gasteiger partial charge is 0.497 e. The number of benzene rings is 2. The number of halogens is 1. The Kier molecular flexibility index (Phi) is 6.22. The van der Waals surface area contributed by atoms with Crippen molar-refractivity contribution in [3.63, 3.8) is 0 Å². The molecule has 0 saturated heterocycles. The summed E-state index contributed by atoms with van der Waals surface area (Å²) in [5.41, 5.74) is 3.36. The predicted molar refractivity (Wildman–Crippen MR) is 117 cm³/mol. The Balaban J connectivity index is 1.41. The van der Waals surface area contributed by atoms with Gasteiger partial charge in [-0.2, -0.15) is 16.9 Å². The summed E-state index contributed by atoms with van der Waals surface area (Å²) in [5, 5.41) is 9.87. The van der Waals surface area contributed by atoms with Gasteiger partial charge in [-0.1, -0.05) is 12.1 Å². The van der Waals surface area contributed by atoms with E-state index in [0.29, 0.717) is 30.2 Å². The van der Waals surface area contributed by atoms with Crippen LogP contribution in [0, 0.1) is 5.82 Å². The van der Waals surface area contributed by atoms with Crippen LogP contribution in [0.5, 0.6) is 5.75 Å². The highest BCUT2D eigenvalue weighted by Gasteiger charge is 2.26. The molecule has 3 aromatic rings. The number of amides is 2. The highest BCUT2D eigenvalue weighted by Crippen LogP contribution is 2.36. The highest BCUT2D eigenvalue weighted by molar-refractivity contribution is 7.98. The Hall–Kier alpha value is -3.33. The number of methoxy groups -OCH3 is 1. The standard InChI is InChI=1S/C22H21FN4O3S/c1-30-17-8-2-14(3-9-17)10-11-24-21(28)22(29)25-20-18-12-31-13-19(18)26-27(20)16-6-4-15(23)5-7-16/h2-9H,10-13H2,1H3,(H,24,28)(H,25,29). The quantitative estimate of drug-likeness (QED) is 0.576. The molecule has 9 heteroatoms. The first-order chi connectivity index (χ1) is 15.0. The van der Waals surface area contributed by atoms with Crippen LogP contribution in [0.1, 0.15) is 16.8 Å². The molecule has 0 saturated carbocycles. The first kappa shape index (κ1) is 20.9. The second-order valence-electron chi connectivity index (χ2n) is 6.96. The minimum atomic E-state index is -0.766. The molecule has 0 bridgehead atoms. The topological polar surface area (TPSA) is 85.2 Å². The monoisotopic (exact) mass is 440 g/mol. The average molecular weight is 441 g/mol. The molecule has 0 fully saturated rings. The van der Waals surface area contributed by atoms with Gasteiger partial charge in [0.1, 0.15) is 17.4 Å². The summed E-state index contributed by atoms with van der Waals surface area (Å²) in [4.78, 5) is 24.9. The van der Waals surface area contributed by atoms with Crippen LogP contribution in [0.25, 0.3) is 5.69 Å². The third-order valence-electron chi connectivity index (χ3n) is 4.92. The first-order valence-electron chi connectivity index (χ1n) is 9.71. The number of hydrogen-bond donors (Lipinski definition) is 2. The van der Waals surface area contributed by atoms with Gasteiger partial charge in [-0.15, -0.1) is 0 Å². The zero-order chi connectivity index (χ0) is 21.8.